The molecule has 4 rings (SSSR count). The molecule has 11 heteroatoms. The van der Waals surface area contributed by atoms with Crippen LogP contribution in [0.25, 0.3) is 0 Å². The van der Waals surface area contributed by atoms with Gasteiger partial charge in [-0.2, -0.15) is 13.2 Å². The predicted molar refractivity (Wildman–Crippen MR) is 92.5 cm³/mol. The molecule has 0 radical (unpaired) electrons. The van der Waals surface area contributed by atoms with E-state index in [1.165, 1.54) is 6.20 Å². The maximum Gasteiger partial charge on any atom is 0.451 e. The van der Waals surface area contributed by atoms with Crippen LogP contribution in [0.2, 0.25) is 0 Å². The Bertz CT molecular complexity index is 953. The molecule has 2 aliphatic heterocycles. The average molecular weight is 432 g/mol. The van der Waals surface area contributed by atoms with Crippen LogP contribution in [0.15, 0.2) is 18.3 Å². The first-order valence-corrected chi connectivity index (χ1v) is 9.31. The molecule has 162 valence electrons. The zero-order valence-electron chi connectivity index (χ0n) is 15.6. The number of nitrogens with zero attached hydrogens (tertiary/aromatic N) is 3. The predicted octanol–water partition coefficient (Wildman–Crippen LogP) is 3.13. The van der Waals surface area contributed by atoms with Crippen molar-refractivity contribution in [3.63, 3.8) is 0 Å². The fourth-order valence-corrected chi connectivity index (χ4v) is 3.95. The summed E-state index contributed by atoms with van der Waals surface area (Å²) in [6, 6.07) is 0.247. The molecule has 1 fully saturated rings. The molecule has 2 aliphatic rings. The van der Waals surface area contributed by atoms with Crippen LogP contribution in [0.3, 0.4) is 0 Å². The highest BCUT2D eigenvalue weighted by molar-refractivity contribution is 5.25. The molecular weight excluding hydrogens is 414 g/mol. The van der Waals surface area contributed by atoms with Crippen LogP contribution in [0.5, 0.6) is 0 Å². The summed E-state index contributed by atoms with van der Waals surface area (Å²) in [5.74, 6) is -4.63. The van der Waals surface area contributed by atoms with Gasteiger partial charge in [-0.25, -0.2) is 23.1 Å². The largest absolute Gasteiger partial charge is 0.451 e. The third-order valence-corrected chi connectivity index (χ3v) is 5.49. The van der Waals surface area contributed by atoms with Gasteiger partial charge in [-0.3, -0.25) is 4.90 Å². The number of fused-ring (bicyclic) bond motifs is 1. The number of alkyl halides is 3. The number of benzene rings is 1. The zero-order valence-corrected chi connectivity index (χ0v) is 15.6. The van der Waals surface area contributed by atoms with Crippen LogP contribution in [-0.2, 0) is 23.9 Å². The standard InChI is InChI=1S/C19H18F6N4O/c20-12-5-14(22)13(21)4-11(12)17-15(26)3-10(8-30-17)29-2-1-9-6-27-18(19(23,24)25)28-16(9)7-29/h4-6,10,15,17H,1-3,7-8,26H2/t10?,15-,17?/m0/s1. The van der Waals surface area contributed by atoms with Crippen LogP contribution >= 0.6 is 0 Å². The molecule has 0 bridgehead atoms. The first-order chi connectivity index (χ1) is 14.1. The van der Waals surface area contributed by atoms with E-state index in [4.69, 9.17) is 10.5 Å². The summed E-state index contributed by atoms with van der Waals surface area (Å²) in [4.78, 5) is 8.96. The Morgan fingerprint density at radius 2 is 1.83 bits per heavy atom. The summed E-state index contributed by atoms with van der Waals surface area (Å²) >= 11 is 0. The van der Waals surface area contributed by atoms with Crippen molar-refractivity contribution in [1.82, 2.24) is 14.9 Å². The van der Waals surface area contributed by atoms with Crippen molar-refractivity contribution in [1.29, 1.82) is 0 Å². The Morgan fingerprint density at radius 1 is 1.10 bits per heavy atom. The van der Waals surface area contributed by atoms with Crippen molar-refractivity contribution in [2.45, 2.75) is 43.8 Å². The zero-order chi connectivity index (χ0) is 21.6. The van der Waals surface area contributed by atoms with Crippen molar-refractivity contribution in [2.24, 2.45) is 5.73 Å². The Hall–Kier alpha value is -2.24. The van der Waals surface area contributed by atoms with Crippen molar-refractivity contribution in [3.8, 4) is 0 Å². The van der Waals surface area contributed by atoms with Crippen LogP contribution < -0.4 is 5.73 Å². The van der Waals surface area contributed by atoms with Crippen LogP contribution in [0.4, 0.5) is 26.3 Å². The van der Waals surface area contributed by atoms with Gasteiger partial charge in [0.1, 0.15) is 11.9 Å². The molecule has 1 saturated heterocycles. The lowest BCUT2D eigenvalue weighted by Gasteiger charge is -2.41. The summed E-state index contributed by atoms with van der Waals surface area (Å²) in [7, 11) is 0. The molecule has 2 aromatic rings. The van der Waals surface area contributed by atoms with Gasteiger partial charge < -0.3 is 10.5 Å². The van der Waals surface area contributed by atoms with Gasteiger partial charge in [-0.05, 0) is 24.5 Å². The second kappa shape index (κ2) is 7.78. The summed E-state index contributed by atoms with van der Waals surface area (Å²) in [6.07, 6.45) is -3.56. The third kappa shape index (κ3) is 4.01. The van der Waals surface area contributed by atoms with Crippen molar-refractivity contribution in [3.05, 3.63) is 58.4 Å². The summed E-state index contributed by atoms with van der Waals surface area (Å²) in [5.41, 5.74) is 6.92. The van der Waals surface area contributed by atoms with Crippen LogP contribution in [0, 0.1) is 17.5 Å². The average Bonchev–Trinajstić information content (AvgIpc) is 2.69. The molecule has 5 nitrogen and oxygen atoms in total. The number of aromatic nitrogens is 2. The number of hydrogen-bond donors (Lipinski definition) is 1. The molecule has 30 heavy (non-hydrogen) atoms. The minimum Gasteiger partial charge on any atom is -0.370 e. The second-order valence-electron chi connectivity index (χ2n) is 7.48. The lowest BCUT2D eigenvalue weighted by atomic mass is 9.92. The first kappa shape index (κ1) is 21.0. The van der Waals surface area contributed by atoms with E-state index >= 15 is 0 Å². The lowest BCUT2D eigenvalue weighted by molar-refractivity contribution is -0.145. The Kier molecular flexibility index (Phi) is 5.45. The highest BCUT2D eigenvalue weighted by atomic mass is 19.4. The van der Waals surface area contributed by atoms with Gasteiger partial charge in [0.25, 0.3) is 0 Å². The fourth-order valence-electron chi connectivity index (χ4n) is 3.95. The van der Waals surface area contributed by atoms with E-state index in [9.17, 15) is 26.3 Å². The van der Waals surface area contributed by atoms with Gasteiger partial charge in [0.2, 0.25) is 5.82 Å². The van der Waals surface area contributed by atoms with Gasteiger partial charge in [0, 0.05) is 43.0 Å². The van der Waals surface area contributed by atoms with E-state index < -0.39 is 41.6 Å². The molecule has 0 aliphatic carbocycles. The summed E-state index contributed by atoms with van der Waals surface area (Å²) in [5, 5.41) is 0. The first-order valence-electron chi connectivity index (χ1n) is 9.31. The van der Waals surface area contributed by atoms with Gasteiger partial charge in [0.05, 0.1) is 12.3 Å². The van der Waals surface area contributed by atoms with E-state index in [0.717, 1.165) is 6.07 Å². The summed E-state index contributed by atoms with van der Waals surface area (Å²) < 4.78 is 85.1. The van der Waals surface area contributed by atoms with Crippen molar-refractivity contribution < 1.29 is 31.1 Å². The maximum absolute atomic E-state index is 14.1. The highest BCUT2D eigenvalue weighted by Gasteiger charge is 2.38. The van der Waals surface area contributed by atoms with E-state index in [2.05, 4.69) is 9.97 Å². The number of nitrogens with two attached hydrogens (primary N) is 1. The molecule has 1 aromatic carbocycles. The summed E-state index contributed by atoms with van der Waals surface area (Å²) in [6.45, 7) is 0.835. The topological polar surface area (TPSA) is 64.3 Å². The van der Waals surface area contributed by atoms with E-state index in [0.29, 0.717) is 36.7 Å². The fraction of sp³-hybridized carbons (Fsp3) is 0.474. The quantitative estimate of drug-likeness (QED) is 0.584. The minimum atomic E-state index is -4.63. The monoisotopic (exact) mass is 432 g/mol. The molecule has 0 spiro atoms. The highest BCUT2D eigenvalue weighted by Crippen LogP contribution is 2.34. The molecule has 3 heterocycles. The number of rotatable bonds is 2. The van der Waals surface area contributed by atoms with Crippen molar-refractivity contribution in [2.75, 3.05) is 13.2 Å². The van der Waals surface area contributed by atoms with E-state index in [1.54, 1.807) is 0 Å². The Labute approximate surface area is 167 Å². The van der Waals surface area contributed by atoms with Gasteiger partial charge in [-0.1, -0.05) is 0 Å². The van der Waals surface area contributed by atoms with Crippen LogP contribution in [-0.4, -0.2) is 40.1 Å². The molecule has 2 unspecified atom stereocenters. The van der Waals surface area contributed by atoms with Gasteiger partial charge in [0.15, 0.2) is 11.6 Å². The smallest absolute Gasteiger partial charge is 0.370 e. The normalized spacial score (nSPS) is 25.2. The molecular formula is C19H18F6N4O. The second-order valence-corrected chi connectivity index (χ2v) is 7.48. The molecule has 0 amide bonds. The number of halogens is 6. The van der Waals surface area contributed by atoms with E-state index in [1.807, 2.05) is 4.90 Å². The van der Waals surface area contributed by atoms with Gasteiger partial charge in [-0.15, -0.1) is 0 Å². The Morgan fingerprint density at radius 3 is 2.53 bits per heavy atom. The molecule has 3 atom stereocenters. The SMILES string of the molecule is N[C@H]1CC(N2CCc3cnc(C(F)(F)F)nc3C2)COC1c1cc(F)c(F)cc1F. The molecule has 1 aromatic heterocycles. The number of hydrogen-bond acceptors (Lipinski definition) is 5. The lowest BCUT2D eigenvalue weighted by Crippen LogP contribution is -2.50. The minimum absolute atomic E-state index is 0.114. The Balaban J connectivity index is 1.47. The van der Waals surface area contributed by atoms with Gasteiger partial charge >= 0.3 is 6.18 Å². The maximum atomic E-state index is 14.1. The number of ether oxygens (including phenoxy) is 1. The van der Waals surface area contributed by atoms with Crippen molar-refractivity contribution >= 4 is 0 Å². The third-order valence-electron chi connectivity index (χ3n) is 5.49. The van der Waals surface area contributed by atoms with E-state index in [-0.39, 0.29) is 24.8 Å². The van der Waals surface area contributed by atoms with Crippen LogP contribution in [0.1, 0.15) is 35.2 Å². The molecule has 2 N–H and O–H groups in total. The molecule has 0 saturated carbocycles.